The Bertz CT molecular complexity index is 1450. The molecule has 2 aliphatic heterocycles. The highest BCUT2D eigenvalue weighted by atomic mass is 19.1. The van der Waals surface area contributed by atoms with Crippen LogP contribution in [0.4, 0.5) is 20.7 Å². The molecule has 4 aromatic rings. The normalized spacial score (nSPS) is 18.8. The minimum atomic E-state index is -0.592. The van der Waals surface area contributed by atoms with Crippen molar-refractivity contribution in [3.63, 3.8) is 0 Å². The molecule has 2 aliphatic rings. The predicted molar refractivity (Wildman–Crippen MR) is 134 cm³/mol. The summed E-state index contributed by atoms with van der Waals surface area (Å²) in [7, 11) is 0. The topological polar surface area (TPSA) is 122 Å². The van der Waals surface area contributed by atoms with Crippen LogP contribution in [0.15, 0.2) is 41.0 Å². The van der Waals surface area contributed by atoms with Crippen LogP contribution in [0.1, 0.15) is 24.8 Å². The third-order valence-electron chi connectivity index (χ3n) is 7.10. The van der Waals surface area contributed by atoms with Gasteiger partial charge in [-0.15, -0.1) is 5.10 Å². The van der Waals surface area contributed by atoms with E-state index in [-0.39, 0.29) is 17.6 Å². The van der Waals surface area contributed by atoms with E-state index in [1.165, 1.54) is 22.9 Å². The zero-order valence-corrected chi connectivity index (χ0v) is 20.6. The van der Waals surface area contributed by atoms with Gasteiger partial charge in [-0.25, -0.2) is 8.78 Å². The first-order valence-corrected chi connectivity index (χ1v) is 12.6. The zero-order chi connectivity index (χ0) is 26.2. The SMILES string of the molecule is Nc1nc(N2CCCC[C@H]2C(=O)N2CCN(Cc3ccc(F)cc3F)CC2)nc2nc(-c3ccco3)nn12. The molecule has 0 unspecified atom stereocenters. The van der Waals surface area contributed by atoms with Crippen LogP contribution in [0.5, 0.6) is 0 Å². The summed E-state index contributed by atoms with van der Waals surface area (Å²) in [4.78, 5) is 32.9. The molecular weight excluding hydrogens is 496 g/mol. The van der Waals surface area contributed by atoms with Crippen molar-refractivity contribution >= 4 is 23.6 Å². The van der Waals surface area contributed by atoms with E-state index in [1.54, 1.807) is 12.1 Å². The molecule has 11 nitrogen and oxygen atoms in total. The lowest BCUT2D eigenvalue weighted by Gasteiger charge is -2.40. The highest BCUT2D eigenvalue weighted by Crippen LogP contribution is 2.26. The summed E-state index contributed by atoms with van der Waals surface area (Å²) in [6.45, 7) is 3.22. The molecule has 0 spiro atoms. The van der Waals surface area contributed by atoms with E-state index in [1.807, 2.05) is 9.80 Å². The molecule has 0 radical (unpaired) electrons. The number of anilines is 2. The predicted octanol–water partition coefficient (Wildman–Crippen LogP) is 2.34. The summed E-state index contributed by atoms with van der Waals surface area (Å²) < 4.78 is 34.0. The van der Waals surface area contributed by atoms with Crippen molar-refractivity contribution in [2.45, 2.75) is 31.8 Å². The molecule has 6 rings (SSSR count). The van der Waals surface area contributed by atoms with Crippen LogP contribution in [0.2, 0.25) is 0 Å². The van der Waals surface area contributed by atoms with Crippen LogP contribution in [0.25, 0.3) is 17.4 Å². The van der Waals surface area contributed by atoms with Gasteiger partial charge in [-0.1, -0.05) is 6.07 Å². The molecule has 0 bridgehead atoms. The summed E-state index contributed by atoms with van der Waals surface area (Å²) in [5.74, 6) is 0.439. The number of aromatic nitrogens is 5. The molecule has 2 saturated heterocycles. The lowest BCUT2D eigenvalue weighted by molar-refractivity contribution is -0.135. The van der Waals surface area contributed by atoms with Crippen molar-refractivity contribution in [1.29, 1.82) is 0 Å². The van der Waals surface area contributed by atoms with Gasteiger partial charge in [0.05, 0.1) is 6.26 Å². The Labute approximate surface area is 216 Å². The summed E-state index contributed by atoms with van der Waals surface area (Å²) in [6, 6.07) is 6.70. The number of halogens is 2. The third-order valence-corrected chi connectivity index (χ3v) is 7.10. The Kier molecular flexibility index (Phi) is 6.35. The molecule has 198 valence electrons. The van der Waals surface area contributed by atoms with E-state index in [9.17, 15) is 13.6 Å². The number of piperazine rings is 1. The number of rotatable bonds is 5. The number of amides is 1. The molecule has 38 heavy (non-hydrogen) atoms. The number of nitrogen functional groups attached to an aromatic ring is 1. The smallest absolute Gasteiger partial charge is 0.259 e. The number of nitrogens with zero attached hydrogens (tertiary/aromatic N) is 8. The molecule has 1 aromatic carbocycles. The third kappa shape index (κ3) is 4.64. The highest BCUT2D eigenvalue weighted by Gasteiger charge is 2.35. The van der Waals surface area contributed by atoms with Crippen molar-refractivity contribution < 1.29 is 18.0 Å². The first kappa shape index (κ1) is 24.2. The van der Waals surface area contributed by atoms with Gasteiger partial charge in [0.15, 0.2) is 5.76 Å². The number of carbonyl (C=O) groups excluding carboxylic acids is 1. The maximum Gasteiger partial charge on any atom is 0.259 e. The van der Waals surface area contributed by atoms with Gasteiger partial charge in [-0.2, -0.15) is 19.5 Å². The van der Waals surface area contributed by atoms with Crippen LogP contribution in [0.3, 0.4) is 0 Å². The number of furan rings is 1. The average Bonchev–Trinajstić information content (AvgIpc) is 3.61. The Balaban J connectivity index is 1.16. The number of hydrogen-bond donors (Lipinski definition) is 1. The Morgan fingerprint density at radius 3 is 2.66 bits per heavy atom. The van der Waals surface area contributed by atoms with E-state index < -0.39 is 17.7 Å². The molecule has 0 aliphatic carbocycles. The summed E-state index contributed by atoms with van der Waals surface area (Å²) >= 11 is 0. The molecule has 5 heterocycles. The molecule has 2 fully saturated rings. The van der Waals surface area contributed by atoms with Crippen molar-refractivity contribution in [2.24, 2.45) is 0 Å². The van der Waals surface area contributed by atoms with Crippen LogP contribution < -0.4 is 10.6 Å². The van der Waals surface area contributed by atoms with Crippen LogP contribution in [0, 0.1) is 11.6 Å². The Hall–Kier alpha value is -4.13. The summed E-state index contributed by atoms with van der Waals surface area (Å²) in [6.07, 6.45) is 4.03. The van der Waals surface area contributed by atoms with Gasteiger partial charge in [0.25, 0.3) is 5.78 Å². The largest absolute Gasteiger partial charge is 0.461 e. The average molecular weight is 524 g/mol. The number of piperidine rings is 1. The second-order valence-corrected chi connectivity index (χ2v) is 9.55. The first-order chi connectivity index (χ1) is 18.5. The van der Waals surface area contributed by atoms with Gasteiger partial charge < -0.3 is 20.0 Å². The molecule has 1 atom stereocenters. The fraction of sp³-hybridized carbons (Fsp3) is 0.400. The maximum absolute atomic E-state index is 14.1. The summed E-state index contributed by atoms with van der Waals surface area (Å²) in [5.41, 5.74) is 6.64. The van der Waals surface area contributed by atoms with Gasteiger partial charge in [0.1, 0.15) is 17.7 Å². The van der Waals surface area contributed by atoms with Gasteiger partial charge in [0.2, 0.25) is 23.6 Å². The number of carbonyl (C=O) groups is 1. The standard InChI is InChI=1S/C25H27F2N9O2/c26-17-7-6-16(18(27)14-17)15-33-9-11-34(12-10-33)22(37)19-4-1-2-8-35(19)24-30-23(28)36-25(31-24)29-21(32-36)20-5-3-13-38-20/h3,5-7,13-14,19H,1-2,4,8-12,15H2,(H2,28,29,30,31,32)/t19-/m0/s1. The lowest BCUT2D eigenvalue weighted by atomic mass is 10.0. The van der Waals surface area contributed by atoms with Crippen molar-refractivity contribution in [1.82, 2.24) is 34.4 Å². The Morgan fingerprint density at radius 1 is 1.05 bits per heavy atom. The van der Waals surface area contributed by atoms with Crippen molar-refractivity contribution in [3.8, 4) is 11.6 Å². The number of fused-ring (bicyclic) bond motifs is 1. The highest BCUT2D eigenvalue weighted by molar-refractivity contribution is 5.85. The van der Waals surface area contributed by atoms with Gasteiger partial charge in [-0.05, 0) is 37.5 Å². The van der Waals surface area contributed by atoms with Gasteiger partial charge >= 0.3 is 0 Å². The maximum atomic E-state index is 14.1. The molecule has 0 saturated carbocycles. The fourth-order valence-corrected chi connectivity index (χ4v) is 5.09. The van der Waals surface area contributed by atoms with E-state index in [2.05, 4.69) is 25.0 Å². The van der Waals surface area contributed by atoms with Crippen LogP contribution >= 0.6 is 0 Å². The quantitative estimate of drug-likeness (QED) is 0.420. The van der Waals surface area contributed by atoms with E-state index >= 15 is 0 Å². The van der Waals surface area contributed by atoms with Crippen molar-refractivity contribution in [2.75, 3.05) is 43.4 Å². The molecular formula is C25H27F2N9O2. The number of benzene rings is 1. The fourth-order valence-electron chi connectivity index (χ4n) is 5.09. The molecule has 13 heteroatoms. The lowest BCUT2D eigenvalue weighted by Crippen LogP contribution is -2.56. The second kappa shape index (κ2) is 9.97. The minimum absolute atomic E-state index is 0.0112. The minimum Gasteiger partial charge on any atom is -0.461 e. The van der Waals surface area contributed by atoms with E-state index in [0.717, 1.165) is 18.9 Å². The van der Waals surface area contributed by atoms with Crippen LogP contribution in [-0.2, 0) is 11.3 Å². The molecule has 3 aromatic heterocycles. The Morgan fingerprint density at radius 2 is 1.89 bits per heavy atom. The monoisotopic (exact) mass is 523 g/mol. The first-order valence-electron chi connectivity index (χ1n) is 12.6. The molecule has 1 amide bonds. The van der Waals surface area contributed by atoms with E-state index in [0.29, 0.717) is 68.8 Å². The van der Waals surface area contributed by atoms with Crippen molar-refractivity contribution in [3.05, 3.63) is 53.8 Å². The van der Waals surface area contributed by atoms with Crippen LogP contribution in [-0.4, -0.2) is 79.0 Å². The number of nitrogens with two attached hydrogens (primary N) is 1. The van der Waals surface area contributed by atoms with E-state index in [4.69, 9.17) is 10.2 Å². The van der Waals surface area contributed by atoms with Gasteiger partial charge in [0, 0.05) is 50.9 Å². The summed E-state index contributed by atoms with van der Waals surface area (Å²) in [5, 5.41) is 4.34. The van der Waals surface area contributed by atoms with Gasteiger partial charge in [-0.3, -0.25) is 9.69 Å². The molecule has 2 N–H and O–H groups in total. The zero-order valence-electron chi connectivity index (χ0n) is 20.6. The number of hydrogen-bond acceptors (Lipinski definition) is 9. The second-order valence-electron chi connectivity index (χ2n) is 9.55.